The van der Waals surface area contributed by atoms with Crippen LogP contribution in [-0.4, -0.2) is 37.5 Å². The zero-order chi connectivity index (χ0) is 12.3. The number of thiophene rings is 1. The quantitative estimate of drug-likeness (QED) is 0.909. The topological polar surface area (TPSA) is 15.3 Å². The normalized spacial score (nSPS) is 17.7. The van der Waals surface area contributed by atoms with Gasteiger partial charge in [-0.3, -0.25) is 4.90 Å². The van der Waals surface area contributed by atoms with Gasteiger partial charge in [-0.2, -0.15) is 0 Å². The van der Waals surface area contributed by atoms with E-state index in [-0.39, 0.29) is 24.8 Å². The molecule has 1 N–H and O–H groups in total. The van der Waals surface area contributed by atoms with Crippen LogP contribution >= 0.6 is 36.2 Å². The second kappa shape index (κ2) is 9.08. The van der Waals surface area contributed by atoms with E-state index in [0.29, 0.717) is 13.1 Å². The molecule has 0 saturated carbocycles. The van der Waals surface area contributed by atoms with E-state index >= 15 is 0 Å². The maximum Gasteiger partial charge on any atom is 0.258 e. The summed E-state index contributed by atoms with van der Waals surface area (Å²) in [6.07, 6.45) is -1.39. The van der Waals surface area contributed by atoms with Gasteiger partial charge < -0.3 is 5.32 Å². The van der Waals surface area contributed by atoms with Crippen molar-refractivity contribution in [2.24, 2.45) is 0 Å². The number of rotatable bonds is 4. The minimum atomic E-state index is -2.31. The zero-order valence-electron chi connectivity index (χ0n) is 10.8. The second-order valence-electron chi connectivity index (χ2n) is 4.22. The number of alkyl halides is 2. The molecule has 19 heavy (non-hydrogen) atoms. The molecule has 7 heteroatoms. The van der Waals surface area contributed by atoms with E-state index in [0.717, 1.165) is 24.4 Å². The van der Waals surface area contributed by atoms with Crippen LogP contribution in [0.15, 0.2) is 12.1 Å². The number of aryl methyl sites for hydroxylation is 1. The predicted molar refractivity (Wildman–Crippen MR) is 81.4 cm³/mol. The highest BCUT2D eigenvalue weighted by Gasteiger charge is 2.31. The highest BCUT2D eigenvalue weighted by Crippen LogP contribution is 2.33. The minimum Gasteiger partial charge on any atom is -0.314 e. The monoisotopic (exact) mass is 332 g/mol. The van der Waals surface area contributed by atoms with Gasteiger partial charge in [0.2, 0.25) is 0 Å². The molecule has 0 aromatic carbocycles. The van der Waals surface area contributed by atoms with Crippen LogP contribution in [-0.2, 0) is 6.42 Å². The SMILES string of the molecule is CCc1ccc([C@@H](C(F)F)N2CCNCC2)s1.Cl.Cl. The molecule has 2 rings (SSSR count). The number of hydrogen-bond acceptors (Lipinski definition) is 3. The fourth-order valence-corrected chi connectivity index (χ4v) is 3.26. The van der Waals surface area contributed by atoms with Gasteiger partial charge >= 0.3 is 0 Å². The zero-order valence-corrected chi connectivity index (χ0v) is 13.2. The number of piperazine rings is 1. The van der Waals surface area contributed by atoms with Crippen LogP contribution in [0.4, 0.5) is 8.78 Å². The van der Waals surface area contributed by atoms with Crippen molar-refractivity contribution in [2.75, 3.05) is 26.2 Å². The van der Waals surface area contributed by atoms with Crippen LogP contribution in [0.3, 0.4) is 0 Å². The Hall–Kier alpha value is 0.0600. The Kier molecular flexibility index (Phi) is 9.11. The molecule has 0 spiro atoms. The molecule has 0 bridgehead atoms. The first-order chi connectivity index (χ1) is 8.22. The lowest BCUT2D eigenvalue weighted by Crippen LogP contribution is -2.46. The van der Waals surface area contributed by atoms with Crippen molar-refractivity contribution in [3.63, 3.8) is 0 Å². The third-order valence-electron chi connectivity index (χ3n) is 3.11. The van der Waals surface area contributed by atoms with Gasteiger partial charge in [0.1, 0.15) is 6.04 Å². The Morgan fingerprint density at radius 2 is 1.89 bits per heavy atom. The Morgan fingerprint density at radius 3 is 2.37 bits per heavy atom. The minimum absolute atomic E-state index is 0. The summed E-state index contributed by atoms with van der Waals surface area (Å²) in [7, 11) is 0. The fraction of sp³-hybridized carbons (Fsp3) is 0.667. The standard InChI is InChI=1S/C12H18F2N2S.2ClH/c1-2-9-3-4-10(17-9)11(12(13)14)16-7-5-15-6-8-16;;/h3-4,11-12,15H,2,5-8H2,1H3;2*1H/t11-;;/m0../s1. The smallest absolute Gasteiger partial charge is 0.258 e. The number of hydrogen-bond donors (Lipinski definition) is 1. The highest BCUT2D eigenvalue weighted by molar-refractivity contribution is 7.12. The first-order valence-electron chi connectivity index (χ1n) is 6.04. The van der Waals surface area contributed by atoms with Gasteiger partial charge in [-0.15, -0.1) is 36.2 Å². The molecule has 1 aliphatic heterocycles. The van der Waals surface area contributed by atoms with Crippen molar-refractivity contribution >= 4 is 36.2 Å². The molecular formula is C12H20Cl2F2N2S. The molecule has 0 amide bonds. The Balaban J connectivity index is 0.00000162. The summed E-state index contributed by atoms with van der Waals surface area (Å²) >= 11 is 1.52. The van der Waals surface area contributed by atoms with Gasteiger partial charge in [0, 0.05) is 35.9 Å². The molecule has 1 aromatic heterocycles. The first-order valence-corrected chi connectivity index (χ1v) is 6.85. The van der Waals surface area contributed by atoms with Crippen LogP contribution in [0.5, 0.6) is 0 Å². The molecule has 2 heterocycles. The van der Waals surface area contributed by atoms with Crippen LogP contribution in [0.25, 0.3) is 0 Å². The fourth-order valence-electron chi connectivity index (χ4n) is 2.17. The molecule has 0 unspecified atom stereocenters. The lowest BCUT2D eigenvalue weighted by molar-refractivity contribution is 0.0200. The van der Waals surface area contributed by atoms with E-state index in [4.69, 9.17) is 0 Å². The summed E-state index contributed by atoms with van der Waals surface area (Å²) < 4.78 is 26.5. The summed E-state index contributed by atoms with van der Waals surface area (Å²) in [4.78, 5) is 3.88. The number of halogens is 4. The number of nitrogens with one attached hydrogen (secondary N) is 1. The molecule has 1 atom stereocenters. The summed E-state index contributed by atoms with van der Waals surface area (Å²) in [6, 6.07) is 3.11. The van der Waals surface area contributed by atoms with Crippen molar-refractivity contribution in [1.82, 2.24) is 10.2 Å². The van der Waals surface area contributed by atoms with E-state index in [1.807, 2.05) is 17.0 Å². The maximum absolute atomic E-state index is 13.2. The summed E-state index contributed by atoms with van der Waals surface area (Å²) in [5.41, 5.74) is 0. The van der Waals surface area contributed by atoms with Gasteiger partial charge in [-0.1, -0.05) is 6.92 Å². The molecule has 1 saturated heterocycles. The summed E-state index contributed by atoms with van der Waals surface area (Å²) in [5, 5.41) is 3.19. The Morgan fingerprint density at radius 1 is 1.26 bits per heavy atom. The predicted octanol–water partition coefficient (Wildman–Crippen LogP) is 3.37. The van der Waals surface area contributed by atoms with Crippen LogP contribution in [0.1, 0.15) is 22.7 Å². The van der Waals surface area contributed by atoms with Crippen LogP contribution < -0.4 is 5.32 Å². The molecule has 112 valence electrons. The molecule has 0 radical (unpaired) electrons. The molecular weight excluding hydrogens is 313 g/mol. The molecule has 1 aliphatic rings. The summed E-state index contributed by atoms with van der Waals surface area (Å²) in [5.74, 6) is 0. The third kappa shape index (κ3) is 4.83. The van der Waals surface area contributed by atoms with Crippen LogP contribution in [0.2, 0.25) is 0 Å². The van der Waals surface area contributed by atoms with Gasteiger partial charge in [0.15, 0.2) is 0 Å². The first kappa shape index (κ1) is 19.1. The lowest BCUT2D eigenvalue weighted by atomic mass is 10.2. The van der Waals surface area contributed by atoms with Gasteiger partial charge in [-0.25, -0.2) is 8.78 Å². The maximum atomic E-state index is 13.2. The molecule has 2 nitrogen and oxygen atoms in total. The van der Waals surface area contributed by atoms with Gasteiger partial charge in [0.05, 0.1) is 0 Å². The van der Waals surface area contributed by atoms with Crippen molar-refractivity contribution in [3.8, 4) is 0 Å². The lowest BCUT2D eigenvalue weighted by Gasteiger charge is -2.33. The molecule has 1 aromatic rings. The van der Waals surface area contributed by atoms with E-state index in [1.165, 1.54) is 16.2 Å². The van der Waals surface area contributed by atoms with Crippen molar-refractivity contribution in [1.29, 1.82) is 0 Å². The highest BCUT2D eigenvalue weighted by atomic mass is 35.5. The van der Waals surface area contributed by atoms with E-state index in [9.17, 15) is 8.78 Å². The molecule has 0 aliphatic carbocycles. The second-order valence-corrected chi connectivity index (χ2v) is 5.42. The average molecular weight is 333 g/mol. The van der Waals surface area contributed by atoms with Gasteiger partial charge in [-0.05, 0) is 18.6 Å². The van der Waals surface area contributed by atoms with Gasteiger partial charge in [0.25, 0.3) is 6.43 Å². The Bertz CT molecular complexity index is 357. The average Bonchev–Trinajstić information content (AvgIpc) is 2.79. The van der Waals surface area contributed by atoms with E-state index in [2.05, 4.69) is 12.2 Å². The number of nitrogens with zero attached hydrogens (tertiary/aromatic N) is 1. The van der Waals surface area contributed by atoms with E-state index < -0.39 is 12.5 Å². The Labute approximate surface area is 129 Å². The largest absolute Gasteiger partial charge is 0.314 e. The van der Waals surface area contributed by atoms with Crippen molar-refractivity contribution < 1.29 is 8.78 Å². The van der Waals surface area contributed by atoms with Crippen molar-refractivity contribution in [3.05, 3.63) is 21.9 Å². The third-order valence-corrected chi connectivity index (χ3v) is 4.41. The summed E-state index contributed by atoms with van der Waals surface area (Å²) in [6.45, 7) is 5.06. The van der Waals surface area contributed by atoms with E-state index in [1.54, 1.807) is 0 Å². The van der Waals surface area contributed by atoms with Crippen molar-refractivity contribution in [2.45, 2.75) is 25.8 Å². The van der Waals surface area contributed by atoms with Crippen LogP contribution in [0, 0.1) is 0 Å². The molecule has 1 fully saturated rings.